The second kappa shape index (κ2) is 9.32. The topological polar surface area (TPSA) is 29.5 Å². The molecular weight excluding hydrogens is 236 g/mol. The Bertz CT molecular complexity index is 285. The molecule has 0 aliphatic carbocycles. The van der Waals surface area contributed by atoms with Gasteiger partial charge in [-0.25, -0.2) is 0 Å². The minimum Gasteiger partial charge on any atom is -0.494 e. The Hall–Kier alpha value is -0.730. The molecule has 1 N–H and O–H groups in total. The molecule has 2 nitrogen and oxygen atoms in total. The fraction of sp³-hybridized carbons (Fsp3) is 0.571. The largest absolute Gasteiger partial charge is 0.494 e. The molecule has 1 rings (SSSR count). The van der Waals surface area contributed by atoms with Crippen LogP contribution in [0.1, 0.15) is 38.5 Å². The van der Waals surface area contributed by atoms with Crippen molar-refractivity contribution in [3.05, 3.63) is 29.3 Å². The van der Waals surface area contributed by atoms with E-state index in [4.69, 9.17) is 21.4 Å². The molecular formula is C14H21ClO2. The van der Waals surface area contributed by atoms with Gasteiger partial charge in [-0.05, 0) is 37.1 Å². The van der Waals surface area contributed by atoms with Crippen LogP contribution in [0, 0.1) is 0 Å². The van der Waals surface area contributed by atoms with Crippen molar-refractivity contribution in [3.8, 4) is 5.75 Å². The lowest BCUT2D eigenvalue weighted by atomic mass is 10.1. The van der Waals surface area contributed by atoms with Gasteiger partial charge in [0.25, 0.3) is 0 Å². The maximum atomic E-state index is 8.62. The minimum absolute atomic E-state index is 0.319. The first kappa shape index (κ1) is 14.3. The van der Waals surface area contributed by atoms with Crippen LogP contribution < -0.4 is 4.74 Å². The van der Waals surface area contributed by atoms with Gasteiger partial charge in [0.2, 0.25) is 0 Å². The predicted molar refractivity (Wildman–Crippen MR) is 71.7 cm³/mol. The van der Waals surface area contributed by atoms with Crippen molar-refractivity contribution >= 4 is 11.6 Å². The third-order valence-electron chi connectivity index (χ3n) is 2.63. The Balaban J connectivity index is 1.95. The maximum Gasteiger partial charge on any atom is 0.119 e. The Morgan fingerprint density at radius 3 is 2.12 bits per heavy atom. The molecule has 0 amide bonds. The summed E-state index contributed by atoms with van der Waals surface area (Å²) in [4.78, 5) is 0. The fourth-order valence-corrected chi connectivity index (χ4v) is 1.77. The van der Waals surface area contributed by atoms with Gasteiger partial charge >= 0.3 is 0 Å². The van der Waals surface area contributed by atoms with Crippen molar-refractivity contribution < 1.29 is 9.84 Å². The molecule has 0 aliphatic heterocycles. The van der Waals surface area contributed by atoms with E-state index in [0.717, 1.165) is 36.6 Å². The molecule has 0 bridgehead atoms. The van der Waals surface area contributed by atoms with E-state index in [0.29, 0.717) is 6.61 Å². The molecule has 0 aromatic heterocycles. The lowest BCUT2D eigenvalue weighted by molar-refractivity contribution is 0.280. The van der Waals surface area contributed by atoms with Crippen LogP contribution in [0.4, 0.5) is 0 Å². The number of unbranched alkanes of at least 4 members (excludes halogenated alkanes) is 5. The van der Waals surface area contributed by atoms with Gasteiger partial charge in [0.1, 0.15) is 5.75 Å². The average molecular weight is 257 g/mol. The monoisotopic (exact) mass is 256 g/mol. The van der Waals surface area contributed by atoms with Gasteiger partial charge in [-0.1, -0.05) is 37.3 Å². The molecule has 0 spiro atoms. The number of halogens is 1. The number of benzene rings is 1. The molecule has 1 aromatic carbocycles. The molecule has 17 heavy (non-hydrogen) atoms. The van der Waals surface area contributed by atoms with Gasteiger partial charge in [0.15, 0.2) is 0 Å². The molecule has 0 atom stereocenters. The zero-order chi connectivity index (χ0) is 12.3. The quantitative estimate of drug-likeness (QED) is 0.676. The summed E-state index contributed by atoms with van der Waals surface area (Å²) in [6.07, 6.45) is 6.78. The third kappa shape index (κ3) is 7.24. The van der Waals surface area contributed by atoms with Crippen LogP contribution in [-0.4, -0.2) is 18.3 Å². The van der Waals surface area contributed by atoms with Gasteiger partial charge in [-0.15, -0.1) is 0 Å². The second-order valence-electron chi connectivity index (χ2n) is 4.15. The second-order valence-corrected chi connectivity index (χ2v) is 4.58. The lowest BCUT2D eigenvalue weighted by Gasteiger charge is -2.05. The first-order valence-electron chi connectivity index (χ1n) is 6.32. The van der Waals surface area contributed by atoms with Crippen LogP contribution in [0.25, 0.3) is 0 Å². The van der Waals surface area contributed by atoms with Gasteiger partial charge in [-0.2, -0.15) is 0 Å². The highest BCUT2D eigenvalue weighted by Crippen LogP contribution is 2.16. The highest BCUT2D eigenvalue weighted by molar-refractivity contribution is 6.30. The first-order chi connectivity index (χ1) is 8.33. The summed E-state index contributed by atoms with van der Waals surface area (Å²) in [5.41, 5.74) is 0. The normalized spacial score (nSPS) is 10.5. The number of aliphatic hydroxyl groups is 1. The Morgan fingerprint density at radius 2 is 1.47 bits per heavy atom. The summed E-state index contributed by atoms with van der Waals surface area (Å²) < 4.78 is 5.59. The van der Waals surface area contributed by atoms with Gasteiger partial charge in [0.05, 0.1) is 6.61 Å². The summed E-state index contributed by atoms with van der Waals surface area (Å²) >= 11 is 5.78. The number of rotatable bonds is 9. The molecule has 0 saturated carbocycles. The van der Waals surface area contributed by atoms with Gasteiger partial charge in [0, 0.05) is 11.6 Å². The Labute approximate surface area is 109 Å². The zero-order valence-electron chi connectivity index (χ0n) is 10.2. The standard InChI is InChI=1S/C14H21ClO2/c15-13-7-9-14(10-8-13)17-12-6-4-2-1-3-5-11-16/h7-10,16H,1-6,11-12H2. The van der Waals surface area contributed by atoms with E-state index in [9.17, 15) is 0 Å². The van der Waals surface area contributed by atoms with Crippen LogP contribution in [0.2, 0.25) is 5.02 Å². The van der Waals surface area contributed by atoms with Crippen molar-refractivity contribution in [1.29, 1.82) is 0 Å². The van der Waals surface area contributed by atoms with Crippen molar-refractivity contribution in [1.82, 2.24) is 0 Å². The van der Waals surface area contributed by atoms with Crippen molar-refractivity contribution in [2.24, 2.45) is 0 Å². The number of hydrogen-bond acceptors (Lipinski definition) is 2. The van der Waals surface area contributed by atoms with E-state index in [-0.39, 0.29) is 0 Å². The minimum atomic E-state index is 0.319. The molecule has 0 saturated heterocycles. The summed E-state index contributed by atoms with van der Waals surface area (Å²) in [6, 6.07) is 7.46. The SMILES string of the molecule is OCCCCCCCCOc1ccc(Cl)cc1. The first-order valence-corrected chi connectivity index (χ1v) is 6.70. The van der Waals surface area contributed by atoms with E-state index < -0.39 is 0 Å². The molecule has 3 heteroatoms. The number of hydrogen-bond donors (Lipinski definition) is 1. The summed E-state index contributed by atoms with van der Waals surface area (Å²) in [6.45, 7) is 1.08. The summed E-state index contributed by atoms with van der Waals surface area (Å²) in [7, 11) is 0. The van der Waals surface area contributed by atoms with Crippen LogP contribution in [0.5, 0.6) is 5.75 Å². The van der Waals surface area contributed by atoms with Crippen LogP contribution in [0.15, 0.2) is 24.3 Å². The van der Waals surface area contributed by atoms with E-state index >= 15 is 0 Å². The van der Waals surface area contributed by atoms with Gasteiger partial charge < -0.3 is 9.84 Å². The zero-order valence-corrected chi connectivity index (χ0v) is 11.0. The van der Waals surface area contributed by atoms with Crippen LogP contribution in [0.3, 0.4) is 0 Å². The predicted octanol–water partition coefficient (Wildman–Crippen LogP) is 4.05. The molecule has 1 aromatic rings. The van der Waals surface area contributed by atoms with E-state index in [1.807, 2.05) is 24.3 Å². The van der Waals surface area contributed by atoms with E-state index in [1.54, 1.807) is 0 Å². The molecule has 0 unspecified atom stereocenters. The Morgan fingerprint density at radius 1 is 0.882 bits per heavy atom. The number of ether oxygens (including phenoxy) is 1. The van der Waals surface area contributed by atoms with Gasteiger partial charge in [-0.3, -0.25) is 0 Å². The van der Waals surface area contributed by atoms with E-state index in [2.05, 4.69) is 0 Å². The lowest BCUT2D eigenvalue weighted by Crippen LogP contribution is -1.97. The molecule has 0 heterocycles. The van der Waals surface area contributed by atoms with E-state index in [1.165, 1.54) is 19.3 Å². The molecule has 0 aliphatic rings. The third-order valence-corrected chi connectivity index (χ3v) is 2.89. The highest BCUT2D eigenvalue weighted by Gasteiger charge is 1.94. The van der Waals surface area contributed by atoms with Crippen LogP contribution >= 0.6 is 11.6 Å². The molecule has 0 radical (unpaired) electrons. The van der Waals surface area contributed by atoms with Crippen molar-refractivity contribution in [2.75, 3.05) is 13.2 Å². The highest BCUT2D eigenvalue weighted by atomic mass is 35.5. The summed E-state index contributed by atoms with van der Waals surface area (Å²) in [5, 5.41) is 9.36. The van der Waals surface area contributed by atoms with Crippen molar-refractivity contribution in [3.63, 3.8) is 0 Å². The van der Waals surface area contributed by atoms with Crippen LogP contribution in [-0.2, 0) is 0 Å². The fourth-order valence-electron chi connectivity index (χ4n) is 1.64. The number of aliphatic hydroxyl groups excluding tert-OH is 1. The molecule has 96 valence electrons. The Kier molecular flexibility index (Phi) is 7.85. The maximum absolute atomic E-state index is 8.62. The smallest absolute Gasteiger partial charge is 0.119 e. The molecule has 0 fully saturated rings. The van der Waals surface area contributed by atoms with Crippen molar-refractivity contribution in [2.45, 2.75) is 38.5 Å². The average Bonchev–Trinajstić information content (AvgIpc) is 2.35. The summed E-state index contributed by atoms with van der Waals surface area (Å²) in [5.74, 6) is 0.884.